The SMILES string of the molecule is CC(C)N(C)S(=O)(=O)NCc1ccc(C=CC(=O)O)cc1. The van der Waals surface area contributed by atoms with Crippen molar-refractivity contribution in [1.29, 1.82) is 0 Å². The van der Waals surface area contributed by atoms with Crippen LogP contribution in [0.1, 0.15) is 25.0 Å². The minimum atomic E-state index is -3.50. The lowest BCUT2D eigenvalue weighted by Crippen LogP contribution is -2.41. The first-order valence-corrected chi connectivity index (χ1v) is 7.89. The van der Waals surface area contributed by atoms with E-state index in [1.807, 2.05) is 0 Å². The molecule has 0 bridgehead atoms. The van der Waals surface area contributed by atoms with E-state index in [1.54, 1.807) is 38.1 Å². The minimum absolute atomic E-state index is 0.119. The van der Waals surface area contributed by atoms with Crippen LogP contribution in [0, 0.1) is 0 Å². The van der Waals surface area contributed by atoms with Crippen molar-refractivity contribution in [2.45, 2.75) is 26.4 Å². The summed E-state index contributed by atoms with van der Waals surface area (Å²) in [7, 11) is -1.98. The van der Waals surface area contributed by atoms with E-state index in [1.165, 1.54) is 17.4 Å². The fourth-order valence-electron chi connectivity index (χ4n) is 1.47. The number of benzene rings is 1. The lowest BCUT2D eigenvalue weighted by molar-refractivity contribution is -0.131. The molecule has 1 rings (SSSR count). The Kier molecular flexibility index (Phi) is 6.07. The lowest BCUT2D eigenvalue weighted by atomic mass is 10.1. The molecule has 6 nitrogen and oxygen atoms in total. The van der Waals surface area contributed by atoms with Gasteiger partial charge in [-0.15, -0.1) is 0 Å². The fourth-order valence-corrected chi connectivity index (χ4v) is 2.58. The van der Waals surface area contributed by atoms with Crippen molar-refractivity contribution in [2.75, 3.05) is 7.05 Å². The molecule has 0 saturated carbocycles. The molecule has 2 N–H and O–H groups in total. The normalized spacial score (nSPS) is 12.4. The highest BCUT2D eigenvalue weighted by atomic mass is 32.2. The van der Waals surface area contributed by atoms with Gasteiger partial charge in [0.25, 0.3) is 10.2 Å². The highest BCUT2D eigenvalue weighted by molar-refractivity contribution is 7.87. The molecule has 0 saturated heterocycles. The highest BCUT2D eigenvalue weighted by Crippen LogP contribution is 2.08. The Morgan fingerprint density at radius 1 is 1.33 bits per heavy atom. The number of carboxylic acids is 1. The standard InChI is InChI=1S/C14H20N2O4S/c1-11(2)16(3)21(19,20)15-10-13-6-4-12(5-7-13)8-9-14(17)18/h4-9,11,15H,10H2,1-3H3,(H,17,18). The molecule has 0 aliphatic carbocycles. The van der Waals surface area contributed by atoms with Gasteiger partial charge in [-0.1, -0.05) is 24.3 Å². The average Bonchev–Trinajstić information content (AvgIpc) is 2.43. The second-order valence-corrected chi connectivity index (χ2v) is 6.66. The van der Waals surface area contributed by atoms with Gasteiger partial charge in [-0.2, -0.15) is 17.4 Å². The van der Waals surface area contributed by atoms with Gasteiger partial charge < -0.3 is 5.11 Å². The molecule has 0 fully saturated rings. The molecule has 0 aliphatic heterocycles. The number of nitrogens with one attached hydrogen (secondary N) is 1. The maximum atomic E-state index is 11.9. The van der Waals surface area contributed by atoms with E-state index in [4.69, 9.17) is 5.11 Å². The van der Waals surface area contributed by atoms with Crippen LogP contribution in [0.25, 0.3) is 6.08 Å². The third kappa shape index (κ3) is 5.66. The molecule has 0 amide bonds. The topological polar surface area (TPSA) is 86.7 Å². The minimum Gasteiger partial charge on any atom is -0.478 e. The van der Waals surface area contributed by atoms with Crippen molar-refractivity contribution in [3.8, 4) is 0 Å². The number of hydrogen-bond acceptors (Lipinski definition) is 3. The predicted octanol–water partition coefficient (Wildman–Crippen LogP) is 1.46. The van der Waals surface area contributed by atoms with Crippen LogP contribution in [0.15, 0.2) is 30.3 Å². The number of nitrogens with zero attached hydrogens (tertiary/aromatic N) is 1. The number of hydrogen-bond donors (Lipinski definition) is 2. The largest absolute Gasteiger partial charge is 0.478 e. The van der Waals surface area contributed by atoms with Crippen LogP contribution >= 0.6 is 0 Å². The summed E-state index contributed by atoms with van der Waals surface area (Å²) in [5.41, 5.74) is 1.53. The monoisotopic (exact) mass is 312 g/mol. The third-order valence-corrected chi connectivity index (χ3v) is 4.65. The summed E-state index contributed by atoms with van der Waals surface area (Å²) in [6, 6.07) is 6.84. The zero-order valence-corrected chi connectivity index (χ0v) is 13.1. The molecule has 0 spiro atoms. The first kappa shape index (κ1) is 17.4. The maximum absolute atomic E-state index is 11.9. The summed E-state index contributed by atoms with van der Waals surface area (Å²) in [5, 5.41) is 8.53. The van der Waals surface area contributed by atoms with Gasteiger partial charge in [0.2, 0.25) is 0 Å². The molecule has 0 atom stereocenters. The lowest BCUT2D eigenvalue weighted by Gasteiger charge is -2.21. The Morgan fingerprint density at radius 2 is 1.90 bits per heavy atom. The summed E-state index contributed by atoms with van der Waals surface area (Å²) in [6.07, 6.45) is 2.53. The van der Waals surface area contributed by atoms with Gasteiger partial charge in [-0.05, 0) is 31.1 Å². The van der Waals surface area contributed by atoms with Crippen LogP contribution in [-0.2, 0) is 21.5 Å². The molecule has 0 radical (unpaired) electrons. The second kappa shape index (κ2) is 7.35. The number of aliphatic carboxylic acids is 1. The first-order valence-electron chi connectivity index (χ1n) is 6.45. The van der Waals surface area contributed by atoms with E-state index < -0.39 is 16.2 Å². The molecular formula is C14H20N2O4S. The van der Waals surface area contributed by atoms with E-state index >= 15 is 0 Å². The van der Waals surface area contributed by atoms with Gasteiger partial charge in [-0.3, -0.25) is 0 Å². The van der Waals surface area contributed by atoms with E-state index in [-0.39, 0.29) is 12.6 Å². The quantitative estimate of drug-likeness (QED) is 0.746. The number of carbonyl (C=O) groups is 1. The molecule has 1 aromatic rings. The Balaban J connectivity index is 2.67. The van der Waals surface area contributed by atoms with Gasteiger partial charge in [0.05, 0.1) is 0 Å². The van der Waals surface area contributed by atoms with Crippen molar-refractivity contribution in [1.82, 2.24) is 9.03 Å². The van der Waals surface area contributed by atoms with Gasteiger partial charge >= 0.3 is 5.97 Å². The van der Waals surface area contributed by atoms with Crippen molar-refractivity contribution in [3.05, 3.63) is 41.5 Å². The molecule has 0 aromatic heterocycles. The fraction of sp³-hybridized carbons (Fsp3) is 0.357. The van der Waals surface area contributed by atoms with Crippen LogP contribution < -0.4 is 4.72 Å². The Bertz CT molecular complexity index is 606. The number of rotatable bonds is 7. The summed E-state index contributed by atoms with van der Waals surface area (Å²) in [5.74, 6) is -1.01. The zero-order valence-electron chi connectivity index (χ0n) is 12.3. The maximum Gasteiger partial charge on any atom is 0.328 e. The number of carboxylic acid groups (broad SMARTS) is 1. The molecule has 0 heterocycles. The van der Waals surface area contributed by atoms with Gasteiger partial charge in [0, 0.05) is 25.7 Å². The van der Waals surface area contributed by atoms with E-state index in [9.17, 15) is 13.2 Å². The van der Waals surface area contributed by atoms with Crippen LogP contribution in [0.4, 0.5) is 0 Å². The predicted molar refractivity (Wildman–Crippen MR) is 81.8 cm³/mol. The Hall–Kier alpha value is -1.70. The molecule has 21 heavy (non-hydrogen) atoms. The average molecular weight is 312 g/mol. The van der Waals surface area contributed by atoms with Gasteiger partial charge in [0.15, 0.2) is 0 Å². The second-order valence-electron chi connectivity index (χ2n) is 4.85. The molecule has 0 aliphatic rings. The van der Waals surface area contributed by atoms with Crippen molar-refractivity contribution >= 4 is 22.3 Å². The smallest absolute Gasteiger partial charge is 0.328 e. The van der Waals surface area contributed by atoms with Crippen molar-refractivity contribution < 1.29 is 18.3 Å². The molecule has 1 aromatic carbocycles. The van der Waals surface area contributed by atoms with E-state index in [2.05, 4.69) is 4.72 Å². The summed E-state index contributed by atoms with van der Waals surface area (Å²) in [6.45, 7) is 3.77. The molecule has 0 unspecified atom stereocenters. The molecular weight excluding hydrogens is 292 g/mol. The van der Waals surface area contributed by atoms with Crippen molar-refractivity contribution in [2.24, 2.45) is 0 Å². The third-order valence-electron chi connectivity index (χ3n) is 2.96. The van der Waals surface area contributed by atoms with Crippen LogP contribution in [0.3, 0.4) is 0 Å². The van der Waals surface area contributed by atoms with E-state index in [0.29, 0.717) is 0 Å². The highest BCUT2D eigenvalue weighted by Gasteiger charge is 2.19. The molecule has 116 valence electrons. The zero-order chi connectivity index (χ0) is 16.0. The first-order chi connectivity index (χ1) is 9.72. The summed E-state index contributed by atoms with van der Waals surface area (Å²) in [4.78, 5) is 10.4. The summed E-state index contributed by atoms with van der Waals surface area (Å²) >= 11 is 0. The van der Waals surface area contributed by atoms with E-state index in [0.717, 1.165) is 17.2 Å². The summed E-state index contributed by atoms with van der Waals surface area (Å²) < 4.78 is 27.6. The van der Waals surface area contributed by atoms with Crippen molar-refractivity contribution in [3.63, 3.8) is 0 Å². The van der Waals surface area contributed by atoms with Gasteiger partial charge in [0.1, 0.15) is 0 Å². The van der Waals surface area contributed by atoms with Crippen LogP contribution in [0.2, 0.25) is 0 Å². The Labute approximate surface area is 125 Å². The van der Waals surface area contributed by atoms with Crippen LogP contribution in [0.5, 0.6) is 0 Å². The van der Waals surface area contributed by atoms with Gasteiger partial charge in [-0.25, -0.2) is 4.79 Å². The Morgan fingerprint density at radius 3 is 2.38 bits per heavy atom. The van der Waals surface area contributed by atoms with Crippen LogP contribution in [-0.4, -0.2) is 36.9 Å². The molecule has 7 heteroatoms.